The zero-order chi connectivity index (χ0) is 21.5. The van der Waals surface area contributed by atoms with Crippen molar-refractivity contribution in [1.29, 1.82) is 0 Å². The Hall–Kier alpha value is -2.74. The van der Waals surface area contributed by atoms with Gasteiger partial charge in [0.15, 0.2) is 5.82 Å². The molecule has 1 aliphatic rings. The molecule has 162 valence electrons. The fraction of sp³-hybridized carbons (Fsp3) is 0.476. The number of ether oxygens (including phenoxy) is 2. The quantitative estimate of drug-likeness (QED) is 0.426. The van der Waals surface area contributed by atoms with Crippen LogP contribution in [-0.2, 0) is 11.3 Å². The average molecular weight is 434 g/mol. The van der Waals surface area contributed by atoms with Crippen molar-refractivity contribution in [1.82, 2.24) is 15.4 Å². The number of carbonyl (C=O) groups is 1. The van der Waals surface area contributed by atoms with Gasteiger partial charge in [-0.2, -0.15) is 4.98 Å². The van der Waals surface area contributed by atoms with Gasteiger partial charge in [0, 0.05) is 29.7 Å². The van der Waals surface area contributed by atoms with E-state index in [9.17, 15) is 4.79 Å². The van der Waals surface area contributed by atoms with E-state index in [2.05, 4.69) is 26.1 Å². The average Bonchev–Trinajstić information content (AvgIpc) is 2.79. The molecule has 0 radical (unpaired) electrons. The molecule has 1 heterocycles. The Kier molecular flexibility index (Phi) is 7.57. The highest BCUT2D eigenvalue weighted by atomic mass is 35.5. The van der Waals surface area contributed by atoms with Crippen LogP contribution >= 0.6 is 11.6 Å². The van der Waals surface area contributed by atoms with Gasteiger partial charge in [-0.25, -0.2) is 4.98 Å². The SMILES string of the molecule is COc1ccc(CNc2nc(Cl)c(C)c(NNC(=O)C3CCCCC3)n2)c(OC)c1. The van der Waals surface area contributed by atoms with E-state index in [0.717, 1.165) is 31.2 Å². The second kappa shape index (κ2) is 10.3. The second-order valence-electron chi connectivity index (χ2n) is 7.29. The third-order valence-electron chi connectivity index (χ3n) is 5.30. The fourth-order valence-corrected chi connectivity index (χ4v) is 3.62. The number of nitrogens with one attached hydrogen (secondary N) is 3. The van der Waals surface area contributed by atoms with Crippen molar-refractivity contribution in [2.45, 2.75) is 45.6 Å². The minimum Gasteiger partial charge on any atom is -0.497 e. The largest absolute Gasteiger partial charge is 0.497 e. The number of rotatable bonds is 8. The van der Waals surface area contributed by atoms with Crippen molar-refractivity contribution in [3.8, 4) is 11.5 Å². The minimum atomic E-state index is -0.0127. The number of halogens is 1. The molecule has 0 spiro atoms. The molecule has 1 fully saturated rings. The number of hydrogen-bond donors (Lipinski definition) is 3. The van der Waals surface area contributed by atoms with Crippen LogP contribution in [0.1, 0.15) is 43.2 Å². The Morgan fingerprint density at radius 3 is 2.63 bits per heavy atom. The number of methoxy groups -OCH3 is 2. The van der Waals surface area contributed by atoms with Gasteiger partial charge in [-0.3, -0.25) is 15.6 Å². The van der Waals surface area contributed by atoms with Crippen molar-refractivity contribution in [3.05, 3.63) is 34.5 Å². The van der Waals surface area contributed by atoms with Gasteiger partial charge in [-0.1, -0.05) is 30.9 Å². The molecular weight excluding hydrogens is 406 g/mol. The van der Waals surface area contributed by atoms with Crippen molar-refractivity contribution in [2.75, 3.05) is 25.0 Å². The number of anilines is 2. The molecule has 2 aromatic rings. The van der Waals surface area contributed by atoms with Crippen LogP contribution in [0.5, 0.6) is 11.5 Å². The predicted molar refractivity (Wildman–Crippen MR) is 117 cm³/mol. The van der Waals surface area contributed by atoms with Crippen LogP contribution in [0.15, 0.2) is 18.2 Å². The number of carbonyl (C=O) groups excluding carboxylic acids is 1. The van der Waals surface area contributed by atoms with Crippen LogP contribution in [0.25, 0.3) is 0 Å². The van der Waals surface area contributed by atoms with Crippen LogP contribution in [0.3, 0.4) is 0 Å². The maximum Gasteiger partial charge on any atom is 0.241 e. The summed E-state index contributed by atoms with van der Waals surface area (Å²) >= 11 is 6.28. The van der Waals surface area contributed by atoms with Gasteiger partial charge in [-0.05, 0) is 31.9 Å². The normalized spacial score (nSPS) is 14.1. The first-order chi connectivity index (χ1) is 14.5. The van der Waals surface area contributed by atoms with E-state index in [1.807, 2.05) is 18.2 Å². The zero-order valence-electron chi connectivity index (χ0n) is 17.5. The van der Waals surface area contributed by atoms with Gasteiger partial charge < -0.3 is 14.8 Å². The van der Waals surface area contributed by atoms with E-state index in [4.69, 9.17) is 21.1 Å². The predicted octanol–water partition coefficient (Wildman–Crippen LogP) is 4.09. The first-order valence-electron chi connectivity index (χ1n) is 10.1. The lowest BCUT2D eigenvalue weighted by Crippen LogP contribution is -2.36. The summed E-state index contributed by atoms with van der Waals surface area (Å²) in [5, 5.41) is 3.46. The minimum absolute atomic E-state index is 0.0127. The number of aromatic nitrogens is 2. The molecule has 1 aromatic carbocycles. The van der Waals surface area contributed by atoms with E-state index >= 15 is 0 Å². The summed E-state index contributed by atoms with van der Waals surface area (Å²) in [6.07, 6.45) is 5.24. The highest BCUT2D eigenvalue weighted by Crippen LogP contribution is 2.27. The van der Waals surface area contributed by atoms with E-state index in [-0.39, 0.29) is 11.8 Å². The first-order valence-corrected chi connectivity index (χ1v) is 10.4. The van der Waals surface area contributed by atoms with Gasteiger partial charge >= 0.3 is 0 Å². The summed E-state index contributed by atoms with van der Waals surface area (Å²) in [5.74, 6) is 2.25. The summed E-state index contributed by atoms with van der Waals surface area (Å²) in [7, 11) is 3.21. The third kappa shape index (κ3) is 5.44. The Balaban J connectivity index is 1.66. The van der Waals surface area contributed by atoms with E-state index in [1.165, 1.54) is 6.42 Å². The molecule has 0 unspecified atom stereocenters. The zero-order valence-corrected chi connectivity index (χ0v) is 18.3. The van der Waals surface area contributed by atoms with Crippen molar-refractivity contribution in [2.24, 2.45) is 5.92 Å². The van der Waals surface area contributed by atoms with E-state index in [0.29, 0.717) is 40.5 Å². The Morgan fingerprint density at radius 1 is 1.17 bits per heavy atom. The molecule has 0 aliphatic heterocycles. The van der Waals surface area contributed by atoms with Crippen molar-refractivity contribution in [3.63, 3.8) is 0 Å². The smallest absolute Gasteiger partial charge is 0.241 e. The molecule has 0 bridgehead atoms. The first kappa shape index (κ1) is 22.0. The van der Waals surface area contributed by atoms with Crippen molar-refractivity contribution >= 4 is 29.3 Å². The van der Waals surface area contributed by atoms with Crippen LogP contribution in [0, 0.1) is 12.8 Å². The van der Waals surface area contributed by atoms with Gasteiger partial charge in [-0.15, -0.1) is 0 Å². The number of nitrogens with zero attached hydrogens (tertiary/aromatic N) is 2. The highest BCUT2D eigenvalue weighted by Gasteiger charge is 2.21. The van der Waals surface area contributed by atoms with Gasteiger partial charge in [0.25, 0.3) is 0 Å². The number of hydrogen-bond acceptors (Lipinski definition) is 7. The summed E-state index contributed by atoms with van der Waals surface area (Å²) in [5.41, 5.74) is 7.26. The topological polar surface area (TPSA) is 97.4 Å². The summed E-state index contributed by atoms with van der Waals surface area (Å²) in [6, 6.07) is 5.58. The Labute approximate surface area is 181 Å². The summed E-state index contributed by atoms with van der Waals surface area (Å²) in [6.45, 7) is 2.23. The second-order valence-corrected chi connectivity index (χ2v) is 7.65. The van der Waals surface area contributed by atoms with Crippen LogP contribution in [0.4, 0.5) is 11.8 Å². The van der Waals surface area contributed by atoms with E-state index in [1.54, 1.807) is 21.1 Å². The lowest BCUT2D eigenvalue weighted by molar-refractivity contribution is -0.125. The molecule has 1 aromatic heterocycles. The van der Waals surface area contributed by atoms with Gasteiger partial charge in [0.05, 0.1) is 14.2 Å². The molecule has 30 heavy (non-hydrogen) atoms. The number of hydrazine groups is 1. The van der Waals surface area contributed by atoms with E-state index < -0.39 is 0 Å². The molecule has 3 rings (SSSR count). The fourth-order valence-electron chi connectivity index (χ4n) is 3.45. The number of benzene rings is 1. The molecule has 0 atom stereocenters. The number of amides is 1. The molecule has 0 saturated heterocycles. The maximum atomic E-state index is 12.4. The molecule has 1 amide bonds. The molecular formula is C21H28ClN5O3. The molecule has 9 heteroatoms. The lowest BCUT2D eigenvalue weighted by Gasteiger charge is -2.21. The Morgan fingerprint density at radius 2 is 1.93 bits per heavy atom. The van der Waals surface area contributed by atoms with Crippen LogP contribution in [0.2, 0.25) is 5.15 Å². The third-order valence-corrected chi connectivity index (χ3v) is 5.67. The van der Waals surface area contributed by atoms with Crippen LogP contribution < -0.4 is 25.6 Å². The Bertz CT molecular complexity index is 887. The lowest BCUT2D eigenvalue weighted by atomic mass is 9.89. The molecule has 1 saturated carbocycles. The van der Waals surface area contributed by atoms with Crippen molar-refractivity contribution < 1.29 is 14.3 Å². The molecule has 8 nitrogen and oxygen atoms in total. The summed E-state index contributed by atoms with van der Waals surface area (Å²) < 4.78 is 10.6. The summed E-state index contributed by atoms with van der Waals surface area (Å²) in [4.78, 5) is 21.1. The standard InChI is InChI=1S/C21H28ClN5O3/c1-13-18(22)24-21(23-12-15-9-10-16(29-2)11-17(15)30-3)25-19(13)26-27-20(28)14-7-5-4-6-8-14/h9-11,14H,4-8,12H2,1-3H3,(H,27,28)(H2,23,24,25,26). The van der Waals surface area contributed by atoms with Gasteiger partial charge in [0.1, 0.15) is 16.7 Å². The van der Waals surface area contributed by atoms with Crippen LogP contribution in [-0.4, -0.2) is 30.1 Å². The highest BCUT2D eigenvalue weighted by molar-refractivity contribution is 6.30. The monoisotopic (exact) mass is 433 g/mol. The van der Waals surface area contributed by atoms with Gasteiger partial charge in [0.2, 0.25) is 11.9 Å². The molecule has 1 aliphatic carbocycles. The maximum absolute atomic E-state index is 12.4. The molecule has 3 N–H and O–H groups in total.